The fraction of sp³-hybridized carbons (Fsp3) is 0.533. The van der Waals surface area contributed by atoms with Crippen LogP contribution in [0.5, 0.6) is 0 Å². The van der Waals surface area contributed by atoms with Crippen LogP contribution in [0.15, 0.2) is 24.4 Å². The van der Waals surface area contributed by atoms with Crippen molar-refractivity contribution in [3.8, 4) is 0 Å². The van der Waals surface area contributed by atoms with Gasteiger partial charge in [0.2, 0.25) is 5.91 Å². The molecule has 2 saturated heterocycles. The van der Waals surface area contributed by atoms with E-state index in [1.807, 2.05) is 17.0 Å². The lowest BCUT2D eigenvalue weighted by atomic mass is 9.89. The molecule has 20 heavy (non-hydrogen) atoms. The first kappa shape index (κ1) is 13.1. The number of hydrogen-bond acceptors (Lipinski definition) is 3. The first-order valence-corrected chi connectivity index (χ1v) is 7.20. The highest BCUT2D eigenvalue weighted by Crippen LogP contribution is 2.31. The molecule has 1 spiro atoms. The SMILES string of the molecule is O=C1CC[C@@]2(CCCN(C(=O)c3ccccn3)CC2)N1. The number of hydrogen-bond donors (Lipinski definition) is 1. The van der Waals surface area contributed by atoms with Crippen molar-refractivity contribution < 1.29 is 9.59 Å². The van der Waals surface area contributed by atoms with E-state index in [0.717, 1.165) is 32.2 Å². The summed E-state index contributed by atoms with van der Waals surface area (Å²) >= 11 is 0. The summed E-state index contributed by atoms with van der Waals surface area (Å²) in [5.41, 5.74) is 0.426. The van der Waals surface area contributed by atoms with Crippen molar-refractivity contribution in [1.29, 1.82) is 0 Å². The number of amides is 2. The number of carbonyl (C=O) groups excluding carboxylic acids is 2. The predicted octanol–water partition coefficient (Wildman–Crippen LogP) is 1.36. The summed E-state index contributed by atoms with van der Waals surface area (Å²) in [4.78, 5) is 29.8. The Morgan fingerprint density at radius 1 is 1.25 bits per heavy atom. The quantitative estimate of drug-likeness (QED) is 0.840. The van der Waals surface area contributed by atoms with Crippen LogP contribution in [0.4, 0.5) is 0 Å². The van der Waals surface area contributed by atoms with Gasteiger partial charge in [-0.2, -0.15) is 0 Å². The van der Waals surface area contributed by atoms with Crippen molar-refractivity contribution in [1.82, 2.24) is 15.2 Å². The molecule has 1 aromatic rings. The molecule has 1 aromatic heterocycles. The van der Waals surface area contributed by atoms with Gasteiger partial charge in [0, 0.05) is 31.2 Å². The zero-order chi connectivity index (χ0) is 14.0. The Kier molecular flexibility index (Phi) is 3.42. The molecule has 2 aliphatic rings. The maximum Gasteiger partial charge on any atom is 0.272 e. The summed E-state index contributed by atoms with van der Waals surface area (Å²) in [6.45, 7) is 1.43. The molecule has 106 valence electrons. The molecule has 2 amide bonds. The summed E-state index contributed by atoms with van der Waals surface area (Å²) in [7, 11) is 0. The van der Waals surface area contributed by atoms with E-state index >= 15 is 0 Å². The van der Waals surface area contributed by atoms with Crippen molar-refractivity contribution in [3.63, 3.8) is 0 Å². The lowest BCUT2D eigenvalue weighted by molar-refractivity contribution is -0.119. The molecule has 1 N–H and O–H groups in total. The van der Waals surface area contributed by atoms with Gasteiger partial charge >= 0.3 is 0 Å². The van der Waals surface area contributed by atoms with E-state index in [9.17, 15) is 9.59 Å². The van der Waals surface area contributed by atoms with Crippen LogP contribution >= 0.6 is 0 Å². The Bertz CT molecular complexity index is 517. The fourth-order valence-electron chi connectivity index (χ4n) is 3.20. The van der Waals surface area contributed by atoms with E-state index in [1.165, 1.54) is 0 Å². The van der Waals surface area contributed by atoms with Gasteiger partial charge in [0.25, 0.3) is 5.91 Å². The first-order chi connectivity index (χ1) is 9.69. The monoisotopic (exact) mass is 273 g/mol. The normalized spacial score (nSPS) is 26.4. The lowest BCUT2D eigenvalue weighted by Gasteiger charge is -2.27. The maximum absolute atomic E-state index is 12.4. The van der Waals surface area contributed by atoms with Gasteiger partial charge in [0.1, 0.15) is 5.69 Å². The van der Waals surface area contributed by atoms with Crippen LogP contribution in [-0.4, -0.2) is 40.3 Å². The number of rotatable bonds is 1. The van der Waals surface area contributed by atoms with Gasteiger partial charge in [-0.25, -0.2) is 0 Å². The van der Waals surface area contributed by atoms with Gasteiger partial charge in [-0.3, -0.25) is 14.6 Å². The van der Waals surface area contributed by atoms with Crippen molar-refractivity contribution in [2.24, 2.45) is 0 Å². The van der Waals surface area contributed by atoms with Crippen LogP contribution in [0.2, 0.25) is 0 Å². The number of aromatic nitrogens is 1. The topological polar surface area (TPSA) is 62.3 Å². The number of nitrogens with zero attached hydrogens (tertiary/aromatic N) is 2. The lowest BCUT2D eigenvalue weighted by Crippen LogP contribution is -2.42. The van der Waals surface area contributed by atoms with E-state index in [4.69, 9.17) is 0 Å². The molecular formula is C15H19N3O2. The van der Waals surface area contributed by atoms with Crippen LogP contribution < -0.4 is 5.32 Å². The largest absolute Gasteiger partial charge is 0.351 e. The Hall–Kier alpha value is -1.91. The maximum atomic E-state index is 12.4. The van der Waals surface area contributed by atoms with Gasteiger partial charge in [0.15, 0.2) is 0 Å². The Balaban J connectivity index is 1.69. The molecule has 0 unspecified atom stereocenters. The van der Waals surface area contributed by atoms with E-state index in [1.54, 1.807) is 12.3 Å². The molecule has 3 rings (SSSR count). The highest BCUT2D eigenvalue weighted by atomic mass is 16.2. The summed E-state index contributed by atoms with van der Waals surface area (Å²) in [6.07, 6.45) is 5.90. The fourth-order valence-corrected chi connectivity index (χ4v) is 3.20. The van der Waals surface area contributed by atoms with E-state index in [2.05, 4.69) is 10.3 Å². The molecule has 3 heterocycles. The molecule has 1 atom stereocenters. The molecule has 0 bridgehead atoms. The van der Waals surface area contributed by atoms with Crippen LogP contribution in [0.25, 0.3) is 0 Å². The standard InChI is InChI=1S/C15H19N3O2/c19-13-5-7-15(17-13)6-3-10-18(11-8-15)14(20)12-4-1-2-9-16-12/h1-2,4,9H,3,5-8,10-11H2,(H,17,19)/t15-/m1/s1. The molecule has 2 fully saturated rings. The van der Waals surface area contributed by atoms with Gasteiger partial charge in [-0.15, -0.1) is 0 Å². The van der Waals surface area contributed by atoms with Crippen molar-refractivity contribution in [3.05, 3.63) is 30.1 Å². The molecule has 5 heteroatoms. The Morgan fingerprint density at radius 3 is 2.85 bits per heavy atom. The number of likely N-dealkylation sites (tertiary alicyclic amines) is 1. The summed E-state index contributed by atoms with van der Waals surface area (Å²) in [5.74, 6) is 0.140. The third-order valence-corrected chi connectivity index (χ3v) is 4.35. The second-order valence-corrected chi connectivity index (χ2v) is 5.69. The average molecular weight is 273 g/mol. The predicted molar refractivity (Wildman–Crippen MR) is 74.1 cm³/mol. The third-order valence-electron chi connectivity index (χ3n) is 4.35. The van der Waals surface area contributed by atoms with Crippen LogP contribution in [-0.2, 0) is 4.79 Å². The van der Waals surface area contributed by atoms with Gasteiger partial charge < -0.3 is 10.2 Å². The molecular weight excluding hydrogens is 254 g/mol. The van der Waals surface area contributed by atoms with Crippen LogP contribution in [0, 0.1) is 0 Å². The zero-order valence-corrected chi connectivity index (χ0v) is 11.5. The van der Waals surface area contributed by atoms with Crippen LogP contribution in [0.1, 0.15) is 42.6 Å². The number of pyridine rings is 1. The van der Waals surface area contributed by atoms with Gasteiger partial charge in [-0.1, -0.05) is 6.07 Å². The minimum atomic E-state index is -0.0732. The van der Waals surface area contributed by atoms with Gasteiger partial charge in [0.05, 0.1) is 0 Å². The Morgan fingerprint density at radius 2 is 2.15 bits per heavy atom. The Labute approximate surface area is 118 Å². The molecule has 0 aromatic carbocycles. The molecule has 0 aliphatic carbocycles. The minimum absolute atomic E-state index is 0.00743. The minimum Gasteiger partial charge on any atom is -0.351 e. The van der Waals surface area contributed by atoms with Crippen molar-refractivity contribution >= 4 is 11.8 Å². The van der Waals surface area contributed by atoms with E-state index < -0.39 is 0 Å². The highest BCUT2D eigenvalue weighted by Gasteiger charge is 2.39. The van der Waals surface area contributed by atoms with Gasteiger partial charge in [-0.05, 0) is 37.8 Å². The number of carbonyl (C=O) groups is 2. The molecule has 2 aliphatic heterocycles. The summed E-state index contributed by atoms with van der Waals surface area (Å²) in [6, 6.07) is 5.39. The highest BCUT2D eigenvalue weighted by molar-refractivity contribution is 5.92. The van der Waals surface area contributed by atoms with E-state index in [-0.39, 0.29) is 17.4 Å². The summed E-state index contributed by atoms with van der Waals surface area (Å²) < 4.78 is 0. The second kappa shape index (κ2) is 5.23. The first-order valence-electron chi connectivity index (χ1n) is 7.20. The van der Waals surface area contributed by atoms with Crippen molar-refractivity contribution in [2.75, 3.05) is 13.1 Å². The van der Waals surface area contributed by atoms with Crippen molar-refractivity contribution in [2.45, 2.75) is 37.6 Å². The number of nitrogens with one attached hydrogen (secondary N) is 1. The molecule has 5 nitrogen and oxygen atoms in total. The smallest absolute Gasteiger partial charge is 0.272 e. The zero-order valence-electron chi connectivity index (χ0n) is 11.5. The van der Waals surface area contributed by atoms with E-state index in [0.29, 0.717) is 18.7 Å². The van der Waals surface area contributed by atoms with Crippen LogP contribution in [0.3, 0.4) is 0 Å². The molecule has 0 radical (unpaired) electrons. The average Bonchev–Trinajstić information content (AvgIpc) is 2.71. The third kappa shape index (κ3) is 2.53. The summed E-state index contributed by atoms with van der Waals surface area (Å²) in [5, 5.41) is 3.12. The second-order valence-electron chi connectivity index (χ2n) is 5.69. The molecule has 0 saturated carbocycles.